The smallest absolute Gasteiger partial charge is 0.233 e. The lowest BCUT2D eigenvalue weighted by Gasteiger charge is -2.15. The van der Waals surface area contributed by atoms with Crippen molar-refractivity contribution in [2.24, 2.45) is 0 Å². The molecule has 0 aliphatic carbocycles. The van der Waals surface area contributed by atoms with Gasteiger partial charge in [-0.2, -0.15) is 0 Å². The second-order valence-electron chi connectivity index (χ2n) is 5.57. The molecule has 25 heavy (non-hydrogen) atoms. The Labute approximate surface area is 145 Å². The number of rotatable bonds is 6. The minimum Gasteiger partial charge on any atom is -0.309 e. The Morgan fingerprint density at radius 2 is 1.64 bits per heavy atom. The Morgan fingerprint density at radius 3 is 2.28 bits per heavy atom. The molecule has 0 saturated heterocycles. The summed E-state index contributed by atoms with van der Waals surface area (Å²) in [4.78, 5) is 27.5. The highest BCUT2D eigenvalue weighted by Crippen LogP contribution is 2.23. The molecule has 0 aliphatic rings. The number of para-hydroxylation sites is 1. The van der Waals surface area contributed by atoms with Crippen molar-refractivity contribution in [3.05, 3.63) is 66.9 Å². The molecule has 0 bridgehead atoms. The Balaban J connectivity index is 1.96. The largest absolute Gasteiger partial charge is 0.309 e. The van der Waals surface area contributed by atoms with Crippen molar-refractivity contribution in [2.75, 3.05) is 10.7 Å². The van der Waals surface area contributed by atoms with Crippen molar-refractivity contribution < 1.29 is 9.59 Å². The molecule has 6 nitrogen and oxygen atoms in total. The third kappa shape index (κ3) is 4.11. The first kappa shape index (κ1) is 16.4. The van der Waals surface area contributed by atoms with Crippen molar-refractivity contribution >= 4 is 23.2 Å². The highest BCUT2D eigenvalue weighted by atomic mass is 16.2. The summed E-state index contributed by atoms with van der Waals surface area (Å²) >= 11 is 0. The number of ketones is 1. The van der Waals surface area contributed by atoms with E-state index in [1.807, 2.05) is 60.7 Å². The molecule has 126 valence electrons. The van der Waals surface area contributed by atoms with E-state index >= 15 is 0 Å². The molecule has 0 unspecified atom stereocenters. The molecule has 0 aliphatic heterocycles. The third-order valence-electron chi connectivity index (χ3n) is 3.49. The summed E-state index contributed by atoms with van der Waals surface area (Å²) in [5.74, 6) is 0.558. The van der Waals surface area contributed by atoms with Crippen LogP contribution in [0.15, 0.2) is 66.9 Å². The number of benzene rings is 2. The van der Waals surface area contributed by atoms with Crippen molar-refractivity contribution in [2.45, 2.75) is 13.3 Å². The molecule has 0 atom stereocenters. The predicted octanol–water partition coefficient (Wildman–Crippen LogP) is 3.34. The van der Waals surface area contributed by atoms with Crippen LogP contribution in [-0.2, 0) is 9.59 Å². The van der Waals surface area contributed by atoms with E-state index < -0.39 is 0 Å². The maximum atomic E-state index is 12.0. The minimum atomic E-state index is -0.372. The van der Waals surface area contributed by atoms with Crippen molar-refractivity contribution in [1.82, 2.24) is 9.66 Å². The summed E-state index contributed by atoms with van der Waals surface area (Å²) in [5.41, 5.74) is 4.98. The number of hydrogen-bond donors (Lipinski definition) is 2. The predicted molar refractivity (Wildman–Crippen MR) is 97.1 cm³/mol. The lowest BCUT2D eigenvalue weighted by atomic mass is 10.2. The van der Waals surface area contributed by atoms with Crippen LogP contribution in [0, 0.1) is 0 Å². The second kappa shape index (κ2) is 7.44. The molecule has 0 radical (unpaired) electrons. The molecule has 1 aromatic heterocycles. The van der Waals surface area contributed by atoms with Gasteiger partial charge in [0.15, 0.2) is 11.6 Å². The molecule has 2 N–H and O–H groups in total. The van der Waals surface area contributed by atoms with Gasteiger partial charge in [0.1, 0.15) is 5.78 Å². The van der Waals surface area contributed by atoms with Gasteiger partial charge < -0.3 is 5.32 Å². The number of imidazole rings is 1. The van der Waals surface area contributed by atoms with E-state index in [0.717, 1.165) is 11.3 Å². The van der Waals surface area contributed by atoms with E-state index in [9.17, 15) is 9.59 Å². The van der Waals surface area contributed by atoms with Crippen LogP contribution >= 0.6 is 0 Å². The molecule has 1 heterocycles. The lowest BCUT2D eigenvalue weighted by Crippen LogP contribution is -2.20. The van der Waals surface area contributed by atoms with Gasteiger partial charge in [0.05, 0.1) is 18.3 Å². The highest BCUT2D eigenvalue weighted by molar-refractivity contribution is 6.03. The number of hydrogen-bond acceptors (Lipinski definition) is 4. The Kier molecular flexibility index (Phi) is 4.89. The normalized spacial score (nSPS) is 10.3. The van der Waals surface area contributed by atoms with Crippen LogP contribution < -0.4 is 10.7 Å². The summed E-state index contributed by atoms with van der Waals surface area (Å²) in [5, 5.41) is 2.73. The van der Waals surface area contributed by atoms with E-state index in [1.165, 1.54) is 6.92 Å². The van der Waals surface area contributed by atoms with Gasteiger partial charge in [-0.1, -0.05) is 48.5 Å². The summed E-state index contributed by atoms with van der Waals surface area (Å²) in [6.07, 6.45) is 1.40. The molecule has 2 aromatic carbocycles. The van der Waals surface area contributed by atoms with Gasteiger partial charge in [-0.15, -0.1) is 0 Å². The maximum Gasteiger partial charge on any atom is 0.233 e. The van der Waals surface area contributed by atoms with E-state index in [-0.39, 0.29) is 18.1 Å². The number of nitrogens with zero attached hydrogens (tertiary/aromatic N) is 2. The zero-order valence-electron chi connectivity index (χ0n) is 13.8. The molecule has 0 spiro atoms. The summed E-state index contributed by atoms with van der Waals surface area (Å²) < 4.78 is 1.70. The van der Waals surface area contributed by atoms with Gasteiger partial charge in [-0.25, -0.2) is 9.66 Å². The number of nitrogens with one attached hydrogen (secondary N) is 2. The van der Waals surface area contributed by atoms with Crippen LogP contribution in [0.5, 0.6) is 0 Å². The van der Waals surface area contributed by atoms with Crippen molar-refractivity contribution in [3.8, 4) is 11.4 Å². The van der Waals surface area contributed by atoms with E-state index in [4.69, 9.17) is 0 Å². The molecule has 3 rings (SSSR count). The first-order valence-corrected chi connectivity index (χ1v) is 7.88. The van der Waals surface area contributed by atoms with Gasteiger partial charge in [0, 0.05) is 5.56 Å². The van der Waals surface area contributed by atoms with Crippen LogP contribution in [0.1, 0.15) is 13.3 Å². The second-order valence-corrected chi connectivity index (χ2v) is 5.57. The fourth-order valence-electron chi connectivity index (χ4n) is 2.40. The number of carbonyl (C=O) groups is 2. The van der Waals surface area contributed by atoms with Gasteiger partial charge in [-0.05, 0) is 19.1 Å². The summed E-state index contributed by atoms with van der Waals surface area (Å²) in [6, 6.07) is 19.2. The fourth-order valence-corrected chi connectivity index (χ4v) is 2.40. The molecule has 0 saturated carbocycles. The SMILES string of the molecule is CC(=O)CC(=O)Nc1cnc(-c2ccccc2)n1Nc1ccccc1. The van der Waals surface area contributed by atoms with Crippen molar-refractivity contribution in [3.63, 3.8) is 0 Å². The number of anilines is 2. The standard InChI is InChI=1S/C19H18N4O2/c1-14(24)12-18(25)21-17-13-20-19(15-8-4-2-5-9-15)23(17)22-16-10-6-3-7-11-16/h2-11,13,22H,12H2,1H3,(H,21,25). The highest BCUT2D eigenvalue weighted by Gasteiger charge is 2.15. The van der Waals surface area contributed by atoms with Crippen LogP contribution in [0.2, 0.25) is 0 Å². The molecule has 0 fully saturated rings. The summed E-state index contributed by atoms with van der Waals surface area (Å²) in [6.45, 7) is 1.38. The zero-order valence-corrected chi connectivity index (χ0v) is 13.8. The summed E-state index contributed by atoms with van der Waals surface area (Å²) in [7, 11) is 0. The van der Waals surface area contributed by atoms with E-state index in [1.54, 1.807) is 10.9 Å². The van der Waals surface area contributed by atoms with Gasteiger partial charge >= 0.3 is 0 Å². The fraction of sp³-hybridized carbons (Fsp3) is 0.105. The third-order valence-corrected chi connectivity index (χ3v) is 3.49. The van der Waals surface area contributed by atoms with Crippen LogP contribution in [0.25, 0.3) is 11.4 Å². The Hall–Kier alpha value is -3.41. The van der Waals surface area contributed by atoms with Gasteiger partial charge in [0.2, 0.25) is 5.91 Å². The topological polar surface area (TPSA) is 76.0 Å². The lowest BCUT2D eigenvalue weighted by molar-refractivity contribution is -0.124. The van der Waals surface area contributed by atoms with E-state index in [2.05, 4.69) is 15.7 Å². The average Bonchev–Trinajstić information content (AvgIpc) is 2.98. The van der Waals surface area contributed by atoms with Crippen molar-refractivity contribution in [1.29, 1.82) is 0 Å². The number of Topliss-reactive ketones (excluding diaryl/α,β-unsaturated/α-hetero) is 1. The molecule has 3 aromatic rings. The Bertz CT molecular complexity index is 873. The number of amides is 1. The monoisotopic (exact) mass is 334 g/mol. The van der Waals surface area contributed by atoms with E-state index in [0.29, 0.717) is 11.6 Å². The number of aromatic nitrogens is 2. The Morgan fingerprint density at radius 1 is 1.00 bits per heavy atom. The first-order chi connectivity index (χ1) is 12.1. The maximum absolute atomic E-state index is 12.0. The molecular weight excluding hydrogens is 316 g/mol. The average molecular weight is 334 g/mol. The van der Waals surface area contributed by atoms with Crippen LogP contribution in [0.3, 0.4) is 0 Å². The number of carbonyl (C=O) groups excluding carboxylic acids is 2. The molecule has 1 amide bonds. The minimum absolute atomic E-state index is 0.169. The van der Waals surface area contributed by atoms with Crippen LogP contribution in [-0.4, -0.2) is 21.4 Å². The quantitative estimate of drug-likeness (QED) is 0.678. The van der Waals surface area contributed by atoms with Crippen LogP contribution in [0.4, 0.5) is 11.5 Å². The molecular formula is C19H18N4O2. The zero-order chi connectivity index (χ0) is 17.6. The van der Waals surface area contributed by atoms with Gasteiger partial charge in [0.25, 0.3) is 0 Å². The first-order valence-electron chi connectivity index (χ1n) is 7.88. The molecule has 6 heteroatoms. The van der Waals surface area contributed by atoms with Gasteiger partial charge in [-0.3, -0.25) is 15.0 Å².